The normalized spacial score (nSPS) is 10.6. The van der Waals surface area contributed by atoms with E-state index in [0.29, 0.717) is 5.69 Å². The molecule has 2 N–H and O–H groups in total. The number of anilines is 1. The molecule has 0 fully saturated rings. The predicted molar refractivity (Wildman–Crippen MR) is 58.8 cm³/mol. The average Bonchev–Trinajstić information content (AvgIpc) is 2.19. The zero-order valence-corrected chi connectivity index (χ0v) is 9.34. The summed E-state index contributed by atoms with van der Waals surface area (Å²) < 4.78 is 24.2. The van der Waals surface area contributed by atoms with Crippen LogP contribution in [0.2, 0.25) is 5.02 Å². The molecule has 88 valence electrons. The number of hydrogen-bond donors (Lipinski definition) is 1. The fourth-order valence-electron chi connectivity index (χ4n) is 1.20. The molecule has 0 saturated carbocycles. The Hall–Kier alpha value is -1.36. The molecular weight excluding hydrogens is 238 g/mol. The fraction of sp³-hybridized carbons (Fsp3) is 0.300. The Morgan fingerprint density at radius 1 is 1.56 bits per heavy atom. The van der Waals surface area contributed by atoms with E-state index in [1.165, 1.54) is 25.2 Å². The number of alkyl halides is 2. The molecule has 1 rings (SSSR count). The molecule has 16 heavy (non-hydrogen) atoms. The molecule has 1 aromatic rings. The number of nitrogens with zero attached hydrogens (tertiary/aromatic N) is 1. The van der Waals surface area contributed by atoms with Crippen LogP contribution in [0.15, 0.2) is 18.2 Å². The minimum Gasteiger partial charge on any atom is -0.399 e. The van der Waals surface area contributed by atoms with Gasteiger partial charge in [-0.2, -0.15) is 0 Å². The molecule has 0 aliphatic carbocycles. The SMILES string of the molecule is CN(CC(F)F)C(=O)c1cc(N)ccc1Cl. The molecule has 0 heterocycles. The molecule has 0 unspecified atom stereocenters. The first-order chi connectivity index (χ1) is 7.41. The first-order valence-corrected chi connectivity index (χ1v) is 4.88. The third-order valence-corrected chi connectivity index (χ3v) is 2.31. The van der Waals surface area contributed by atoms with Crippen molar-refractivity contribution in [1.82, 2.24) is 4.90 Å². The summed E-state index contributed by atoms with van der Waals surface area (Å²) in [6.07, 6.45) is -2.58. The van der Waals surface area contributed by atoms with Crippen molar-refractivity contribution in [2.24, 2.45) is 0 Å². The van der Waals surface area contributed by atoms with Crippen LogP contribution in [0.25, 0.3) is 0 Å². The molecule has 0 atom stereocenters. The Morgan fingerprint density at radius 2 is 2.19 bits per heavy atom. The number of amides is 1. The van der Waals surface area contributed by atoms with Crippen LogP contribution >= 0.6 is 11.6 Å². The second-order valence-electron chi connectivity index (χ2n) is 3.32. The van der Waals surface area contributed by atoms with Crippen molar-refractivity contribution in [1.29, 1.82) is 0 Å². The minimum atomic E-state index is -2.58. The van der Waals surface area contributed by atoms with Gasteiger partial charge in [-0.1, -0.05) is 11.6 Å². The zero-order valence-electron chi connectivity index (χ0n) is 8.58. The van der Waals surface area contributed by atoms with Gasteiger partial charge in [0, 0.05) is 12.7 Å². The van der Waals surface area contributed by atoms with E-state index in [1.807, 2.05) is 0 Å². The lowest BCUT2D eigenvalue weighted by Gasteiger charge is -2.17. The van der Waals surface area contributed by atoms with Crippen LogP contribution < -0.4 is 5.73 Å². The monoisotopic (exact) mass is 248 g/mol. The number of carbonyl (C=O) groups is 1. The standard InChI is InChI=1S/C10H11ClF2N2O/c1-15(5-9(12)13)10(16)7-4-6(14)2-3-8(7)11/h2-4,9H,5,14H2,1H3. The van der Waals surface area contributed by atoms with Gasteiger partial charge >= 0.3 is 0 Å². The molecular formula is C10H11ClF2N2O. The smallest absolute Gasteiger partial charge is 0.255 e. The molecule has 0 radical (unpaired) electrons. The van der Waals surface area contributed by atoms with Gasteiger partial charge in [0.1, 0.15) is 0 Å². The molecule has 0 bridgehead atoms. The lowest BCUT2D eigenvalue weighted by molar-refractivity contribution is 0.0620. The topological polar surface area (TPSA) is 46.3 Å². The lowest BCUT2D eigenvalue weighted by Crippen LogP contribution is -2.31. The van der Waals surface area contributed by atoms with Crippen molar-refractivity contribution in [2.75, 3.05) is 19.3 Å². The Morgan fingerprint density at radius 3 is 2.75 bits per heavy atom. The number of rotatable bonds is 3. The highest BCUT2D eigenvalue weighted by Crippen LogP contribution is 2.20. The van der Waals surface area contributed by atoms with Crippen LogP contribution in [0.5, 0.6) is 0 Å². The van der Waals surface area contributed by atoms with Gasteiger partial charge in [0.25, 0.3) is 12.3 Å². The Bertz CT molecular complexity index is 398. The highest BCUT2D eigenvalue weighted by atomic mass is 35.5. The molecule has 0 saturated heterocycles. The molecule has 3 nitrogen and oxygen atoms in total. The van der Waals surface area contributed by atoms with E-state index >= 15 is 0 Å². The second-order valence-corrected chi connectivity index (χ2v) is 3.72. The maximum Gasteiger partial charge on any atom is 0.255 e. The lowest BCUT2D eigenvalue weighted by atomic mass is 10.2. The Labute approximate surface area is 96.8 Å². The van der Waals surface area contributed by atoms with Crippen molar-refractivity contribution in [2.45, 2.75) is 6.43 Å². The van der Waals surface area contributed by atoms with E-state index < -0.39 is 18.9 Å². The zero-order chi connectivity index (χ0) is 12.3. The summed E-state index contributed by atoms with van der Waals surface area (Å²) in [4.78, 5) is 12.6. The predicted octanol–water partition coefficient (Wildman–Crippen LogP) is 2.26. The van der Waals surface area contributed by atoms with Gasteiger partial charge in [-0.15, -0.1) is 0 Å². The van der Waals surface area contributed by atoms with Crippen LogP contribution in [0.1, 0.15) is 10.4 Å². The number of halogens is 3. The molecule has 1 amide bonds. The first kappa shape index (κ1) is 12.7. The van der Waals surface area contributed by atoms with E-state index in [0.717, 1.165) is 4.90 Å². The fourth-order valence-corrected chi connectivity index (χ4v) is 1.40. The van der Waals surface area contributed by atoms with Crippen LogP contribution in [-0.4, -0.2) is 30.8 Å². The van der Waals surface area contributed by atoms with E-state index in [-0.39, 0.29) is 10.6 Å². The van der Waals surface area contributed by atoms with Gasteiger partial charge < -0.3 is 10.6 Å². The highest BCUT2D eigenvalue weighted by molar-refractivity contribution is 6.33. The quantitative estimate of drug-likeness (QED) is 0.834. The van der Waals surface area contributed by atoms with Crippen molar-refractivity contribution in [3.05, 3.63) is 28.8 Å². The average molecular weight is 249 g/mol. The van der Waals surface area contributed by atoms with Crippen molar-refractivity contribution in [3.8, 4) is 0 Å². The van der Waals surface area contributed by atoms with E-state index in [2.05, 4.69) is 0 Å². The summed E-state index contributed by atoms with van der Waals surface area (Å²) >= 11 is 5.78. The van der Waals surface area contributed by atoms with Crippen LogP contribution in [0, 0.1) is 0 Å². The number of nitrogens with two attached hydrogens (primary N) is 1. The van der Waals surface area contributed by atoms with Crippen LogP contribution in [0.3, 0.4) is 0 Å². The summed E-state index contributed by atoms with van der Waals surface area (Å²) in [6, 6.07) is 4.36. The number of carbonyl (C=O) groups excluding carboxylic acids is 1. The summed E-state index contributed by atoms with van der Waals surface area (Å²) in [5.41, 5.74) is 5.98. The van der Waals surface area contributed by atoms with Gasteiger partial charge in [-0.25, -0.2) is 8.78 Å². The summed E-state index contributed by atoms with van der Waals surface area (Å²) in [5.74, 6) is -0.572. The molecule has 1 aromatic carbocycles. The molecule has 6 heteroatoms. The third-order valence-electron chi connectivity index (χ3n) is 1.98. The third kappa shape index (κ3) is 3.06. The van der Waals surface area contributed by atoms with Gasteiger partial charge in [-0.3, -0.25) is 4.79 Å². The van der Waals surface area contributed by atoms with Crippen molar-refractivity contribution in [3.63, 3.8) is 0 Å². The highest BCUT2D eigenvalue weighted by Gasteiger charge is 2.18. The van der Waals surface area contributed by atoms with Gasteiger partial charge in [0.15, 0.2) is 0 Å². The van der Waals surface area contributed by atoms with Crippen molar-refractivity contribution >= 4 is 23.2 Å². The second kappa shape index (κ2) is 5.12. The summed E-state index contributed by atoms with van der Waals surface area (Å²) in [6.45, 7) is -0.635. The molecule has 0 aromatic heterocycles. The largest absolute Gasteiger partial charge is 0.399 e. The molecule has 0 aliphatic heterocycles. The van der Waals surface area contributed by atoms with Gasteiger partial charge in [0.2, 0.25) is 0 Å². The molecule has 0 spiro atoms. The summed E-state index contributed by atoms with van der Waals surface area (Å²) in [7, 11) is 1.29. The van der Waals surface area contributed by atoms with Gasteiger partial charge in [-0.05, 0) is 18.2 Å². The number of nitrogen functional groups attached to an aromatic ring is 1. The number of hydrogen-bond acceptors (Lipinski definition) is 2. The van der Waals surface area contributed by atoms with E-state index in [1.54, 1.807) is 0 Å². The number of benzene rings is 1. The molecule has 0 aliphatic rings. The maximum absolute atomic E-state index is 12.1. The first-order valence-electron chi connectivity index (χ1n) is 4.50. The van der Waals surface area contributed by atoms with Crippen LogP contribution in [0.4, 0.5) is 14.5 Å². The van der Waals surface area contributed by atoms with E-state index in [4.69, 9.17) is 17.3 Å². The Balaban J connectivity index is 2.91. The van der Waals surface area contributed by atoms with Gasteiger partial charge in [0.05, 0.1) is 17.1 Å². The van der Waals surface area contributed by atoms with Crippen LogP contribution in [-0.2, 0) is 0 Å². The van der Waals surface area contributed by atoms with Crippen molar-refractivity contribution < 1.29 is 13.6 Å². The minimum absolute atomic E-state index is 0.129. The maximum atomic E-state index is 12.1. The Kier molecular flexibility index (Phi) is 4.06. The summed E-state index contributed by atoms with van der Waals surface area (Å²) in [5, 5.41) is 0.195. The van der Waals surface area contributed by atoms with E-state index in [9.17, 15) is 13.6 Å².